The van der Waals surface area contributed by atoms with E-state index in [2.05, 4.69) is 11.4 Å². The van der Waals surface area contributed by atoms with E-state index in [0.29, 0.717) is 25.9 Å². The van der Waals surface area contributed by atoms with E-state index >= 15 is 0 Å². The number of nitrogens with one attached hydrogen (secondary N) is 1. The number of hydrogen-bond donors (Lipinski definition) is 1. The molecule has 2 rings (SSSR count). The van der Waals surface area contributed by atoms with Crippen molar-refractivity contribution in [1.82, 2.24) is 10.3 Å². The van der Waals surface area contributed by atoms with Crippen LogP contribution in [-0.4, -0.2) is 60.6 Å². The summed E-state index contributed by atoms with van der Waals surface area (Å²) >= 11 is 1.49. The Bertz CT molecular complexity index is 1210. The van der Waals surface area contributed by atoms with Gasteiger partial charge in [-0.05, 0) is 66.9 Å². The van der Waals surface area contributed by atoms with Gasteiger partial charge < -0.3 is 24.3 Å². The van der Waals surface area contributed by atoms with Crippen molar-refractivity contribution in [3.8, 4) is 0 Å². The first kappa shape index (κ1) is 36.9. The molecule has 0 saturated carbocycles. The highest BCUT2D eigenvalue weighted by atomic mass is 32.1. The fourth-order valence-corrected chi connectivity index (χ4v) is 5.61. The lowest BCUT2D eigenvalue weighted by Crippen LogP contribution is -2.41. The molecule has 0 aliphatic carbocycles. The lowest BCUT2D eigenvalue weighted by atomic mass is 9.97. The molecule has 2 heterocycles. The molecule has 244 valence electrons. The summed E-state index contributed by atoms with van der Waals surface area (Å²) in [7, 11) is 1.69. The summed E-state index contributed by atoms with van der Waals surface area (Å²) < 4.78 is 22.1. The molecule has 0 fully saturated rings. The van der Waals surface area contributed by atoms with E-state index in [-0.39, 0.29) is 18.4 Å². The van der Waals surface area contributed by atoms with E-state index in [0.717, 1.165) is 34.7 Å². The van der Waals surface area contributed by atoms with Crippen LogP contribution in [0.2, 0.25) is 0 Å². The predicted octanol–water partition coefficient (Wildman–Crippen LogP) is 7.14. The minimum absolute atomic E-state index is 0.00105. The molecule has 1 aliphatic rings. The van der Waals surface area contributed by atoms with Gasteiger partial charge in [0.05, 0.1) is 17.1 Å². The van der Waals surface area contributed by atoms with Crippen LogP contribution >= 0.6 is 11.3 Å². The average molecular weight is 631 g/mol. The minimum Gasteiger partial charge on any atom is -0.462 e. The average Bonchev–Trinajstić information content (AvgIpc) is 3.35. The van der Waals surface area contributed by atoms with Crippen LogP contribution in [0.4, 0.5) is 4.79 Å². The molecule has 0 saturated heterocycles. The van der Waals surface area contributed by atoms with Crippen molar-refractivity contribution in [2.75, 3.05) is 13.7 Å². The molecule has 10 heteroatoms. The largest absolute Gasteiger partial charge is 0.462 e. The van der Waals surface area contributed by atoms with Crippen LogP contribution in [0.5, 0.6) is 0 Å². The summed E-state index contributed by atoms with van der Waals surface area (Å²) in [6.45, 7) is 13.8. The van der Waals surface area contributed by atoms with Gasteiger partial charge in [-0.3, -0.25) is 4.79 Å². The molecule has 0 spiro atoms. The van der Waals surface area contributed by atoms with Crippen LogP contribution in [0, 0.1) is 0 Å². The molecule has 0 radical (unpaired) electrons. The fourth-order valence-electron chi connectivity index (χ4n) is 4.65. The monoisotopic (exact) mass is 630 g/mol. The predicted molar refractivity (Wildman–Crippen MR) is 174 cm³/mol. The number of methoxy groups -OCH3 is 1. The summed E-state index contributed by atoms with van der Waals surface area (Å²) in [5.41, 5.74) is 2.08. The minimum atomic E-state index is -0.673. The van der Waals surface area contributed by atoms with Gasteiger partial charge in [-0.1, -0.05) is 42.4 Å². The number of esters is 2. The number of nitrogens with zero attached hydrogens (tertiary/aromatic N) is 1. The standard InChI is InChI=1S/C34H50N2O7S/c1-23-14-12-15-31(37)42-28(18-24(2)13-10-9-11-16-40-8)21-30-36-29(22-44-30)25(3)19-27(20-32(38)41-26(4)17-23)35-33(39)43-34(5,6)7/h10,12-15,18,22,25-28H,9,11,16-17,19-21H2,1-8H3,(H,35,39)/b13-10+,15-12-,23-14+,24-18+/t25-,26-,27+,28?/m0/s1. The van der Waals surface area contributed by atoms with Crippen LogP contribution in [0.15, 0.2) is 53.0 Å². The first-order valence-electron chi connectivity index (χ1n) is 15.3. The topological polar surface area (TPSA) is 113 Å². The van der Waals surface area contributed by atoms with Crippen molar-refractivity contribution in [2.45, 2.75) is 117 Å². The van der Waals surface area contributed by atoms with Gasteiger partial charge in [0.1, 0.15) is 17.8 Å². The molecule has 2 bridgehead atoms. The van der Waals surface area contributed by atoms with Gasteiger partial charge in [0.25, 0.3) is 0 Å². The van der Waals surface area contributed by atoms with E-state index in [1.807, 2.05) is 45.2 Å². The highest BCUT2D eigenvalue weighted by Gasteiger charge is 2.26. The second-order valence-corrected chi connectivity index (χ2v) is 13.3. The number of thiazole rings is 1. The van der Waals surface area contributed by atoms with Crippen LogP contribution in [0.1, 0.15) is 97.2 Å². The van der Waals surface area contributed by atoms with Crippen molar-refractivity contribution in [3.63, 3.8) is 0 Å². The molecule has 1 aliphatic heterocycles. The molecule has 9 nitrogen and oxygen atoms in total. The Morgan fingerprint density at radius 3 is 2.64 bits per heavy atom. The second kappa shape index (κ2) is 18.5. The smallest absolute Gasteiger partial charge is 0.407 e. The SMILES string of the molecule is COCCC/C=C/C(C)=C/C1Cc2nc(cs2)[C@@H](C)C[C@@H](NC(=O)OC(C)(C)C)CC(=O)O[C@@H](C)C/C(C)=C/C=C\C(=O)O1. The Morgan fingerprint density at radius 2 is 1.93 bits per heavy atom. The zero-order chi connectivity index (χ0) is 32.7. The number of allylic oxidation sites excluding steroid dienone is 5. The summed E-state index contributed by atoms with van der Waals surface area (Å²) in [6, 6.07) is -0.513. The Hall–Kier alpha value is -3.24. The van der Waals surface area contributed by atoms with E-state index in [1.54, 1.807) is 40.0 Å². The van der Waals surface area contributed by atoms with E-state index in [9.17, 15) is 14.4 Å². The van der Waals surface area contributed by atoms with Gasteiger partial charge in [0.2, 0.25) is 0 Å². The summed E-state index contributed by atoms with van der Waals surface area (Å²) in [5, 5.41) is 5.66. The van der Waals surface area contributed by atoms with Crippen molar-refractivity contribution in [3.05, 3.63) is 63.7 Å². The number of cyclic esters (lactones) is 2. The van der Waals surface area contributed by atoms with Gasteiger partial charge in [-0.15, -0.1) is 11.3 Å². The maximum absolute atomic E-state index is 12.9. The lowest BCUT2D eigenvalue weighted by Gasteiger charge is -2.25. The van der Waals surface area contributed by atoms with Crippen molar-refractivity contribution in [1.29, 1.82) is 0 Å². The number of fused-ring (bicyclic) bond motifs is 2. The number of carbonyl (C=O) groups excluding carboxylic acids is 3. The number of unbranched alkanes of at least 4 members (excludes halogenated alkanes) is 1. The fraction of sp³-hybridized carbons (Fsp3) is 0.588. The Balaban J connectivity index is 2.34. The van der Waals surface area contributed by atoms with Gasteiger partial charge >= 0.3 is 18.0 Å². The molecule has 0 aromatic carbocycles. The Morgan fingerprint density at radius 1 is 1.18 bits per heavy atom. The number of rotatable bonds is 7. The highest BCUT2D eigenvalue weighted by Crippen LogP contribution is 2.26. The van der Waals surface area contributed by atoms with E-state index in [4.69, 9.17) is 23.9 Å². The molecule has 1 aromatic rings. The summed E-state index contributed by atoms with van der Waals surface area (Å²) in [6.07, 6.45) is 12.6. The normalized spacial score (nSPS) is 25.1. The number of amides is 1. The zero-order valence-electron chi connectivity index (χ0n) is 27.5. The number of hydrogen-bond acceptors (Lipinski definition) is 9. The molecule has 1 unspecified atom stereocenters. The molecule has 44 heavy (non-hydrogen) atoms. The number of alkyl carbamates (subject to hydrolysis) is 1. The number of ether oxygens (including phenoxy) is 4. The van der Waals surface area contributed by atoms with Gasteiger partial charge in [-0.2, -0.15) is 0 Å². The quantitative estimate of drug-likeness (QED) is 0.146. The lowest BCUT2D eigenvalue weighted by molar-refractivity contribution is -0.148. The van der Waals surface area contributed by atoms with Gasteiger partial charge in [0.15, 0.2) is 0 Å². The molecule has 1 aromatic heterocycles. The Kier molecular flexibility index (Phi) is 15.6. The first-order valence-corrected chi connectivity index (χ1v) is 16.1. The summed E-state index contributed by atoms with van der Waals surface area (Å²) in [4.78, 5) is 43.1. The van der Waals surface area contributed by atoms with Gasteiger partial charge in [-0.25, -0.2) is 14.6 Å². The molecular formula is C34H50N2O7S. The zero-order valence-corrected chi connectivity index (χ0v) is 28.3. The van der Waals surface area contributed by atoms with Crippen LogP contribution < -0.4 is 5.32 Å². The van der Waals surface area contributed by atoms with Crippen LogP contribution in [-0.2, 0) is 35.0 Å². The van der Waals surface area contributed by atoms with Crippen molar-refractivity contribution in [2.24, 2.45) is 0 Å². The third-order valence-corrected chi connectivity index (χ3v) is 7.48. The van der Waals surface area contributed by atoms with Crippen molar-refractivity contribution >= 4 is 29.4 Å². The van der Waals surface area contributed by atoms with Crippen LogP contribution in [0.3, 0.4) is 0 Å². The maximum Gasteiger partial charge on any atom is 0.407 e. The maximum atomic E-state index is 12.9. The second-order valence-electron chi connectivity index (χ2n) is 12.4. The van der Waals surface area contributed by atoms with Gasteiger partial charge in [0, 0.05) is 50.0 Å². The molecule has 1 amide bonds. The first-order chi connectivity index (χ1) is 20.7. The number of carbonyl (C=O) groups is 3. The van der Waals surface area contributed by atoms with E-state index in [1.165, 1.54) is 17.4 Å². The van der Waals surface area contributed by atoms with Crippen molar-refractivity contribution < 1.29 is 33.3 Å². The summed E-state index contributed by atoms with van der Waals surface area (Å²) in [5.74, 6) is -0.938. The van der Waals surface area contributed by atoms with Crippen LogP contribution in [0.25, 0.3) is 0 Å². The Labute approximate surface area is 266 Å². The third-order valence-electron chi connectivity index (χ3n) is 6.59. The third kappa shape index (κ3) is 15.5. The molecule has 4 atom stereocenters. The molecule has 1 N–H and O–H groups in total. The highest BCUT2D eigenvalue weighted by molar-refractivity contribution is 7.09. The van der Waals surface area contributed by atoms with E-state index < -0.39 is 35.8 Å². The molecular weight excluding hydrogens is 580 g/mol. The number of aromatic nitrogens is 1.